The molecule has 4 heteroatoms. The summed E-state index contributed by atoms with van der Waals surface area (Å²) in [5.41, 5.74) is 3.33. The van der Waals surface area contributed by atoms with Crippen LogP contribution in [0.4, 0.5) is 0 Å². The van der Waals surface area contributed by atoms with Gasteiger partial charge in [-0.2, -0.15) is 0 Å². The first kappa shape index (κ1) is 14.2. The van der Waals surface area contributed by atoms with Crippen LogP contribution in [0.3, 0.4) is 0 Å². The molecule has 2 aliphatic rings. The minimum atomic E-state index is -3.24. The SMILES string of the molecule is CCC1Cc2cc3cnc(C4CC4)cc3c(S(C)(=O)=O)c2C1. The molecular formula is C18H21NO2S. The summed E-state index contributed by atoms with van der Waals surface area (Å²) in [6.07, 6.45) is 8.56. The van der Waals surface area contributed by atoms with Crippen LogP contribution in [0.15, 0.2) is 23.2 Å². The van der Waals surface area contributed by atoms with Crippen molar-refractivity contribution in [2.75, 3.05) is 6.26 Å². The zero-order chi connectivity index (χ0) is 15.5. The zero-order valence-electron chi connectivity index (χ0n) is 13.1. The molecule has 1 aromatic carbocycles. The Morgan fingerprint density at radius 3 is 2.64 bits per heavy atom. The Hall–Kier alpha value is -1.42. The fourth-order valence-electron chi connectivity index (χ4n) is 3.77. The van der Waals surface area contributed by atoms with Gasteiger partial charge in [-0.3, -0.25) is 4.98 Å². The Morgan fingerprint density at radius 2 is 2.00 bits per heavy atom. The summed E-state index contributed by atoms with van der Waals surface area (Å²) in [5, 5.41) is 1.86. The number of aromatic nitrogens is 1. The third kappa shape index (κ3) is 2.24. The maximum Gasteiger partial charge on any atom is 0.176 e. The number of benzene rings is 1. The van der Waals surface area contributed by atoms with Crippen molar-refractivity contribution < 1.29 is 8.42 Å². The molecule has 2 aromatic rings. The molecule has 1 unspecified atom stereocenters. The van der Waals surface area contributed by atoms with Gasteiger partial charge in [0.1, 0.15) is 0 Å². The first-order valence-corrected chi connectivity index (χ1v) is 10.0. The number of hydrogen-bond acceptors (Lipinski definition) is 3. The lowest BCUT2D eigenvalue weighted by Crippen LogP contribution is -2.05. The van der Waals surface area contributed by atoms with Gasteiger partial charge in [0.25, 0.3) is 0 Å². The van der Waals surface area contributed by atoms with E-state index in [1.807, 2.05) is 12.3 Å². The second-order valence-electron chi connectivity index (χ2n) is 6.90. The highest BCUT2D eigenvalue weighted by Crippen LogP contribution is 2.42. The second-order valence-corrected chi connectivity index (χ2v) is 8.86. The molecule has 1 atom stereocenters. The third-order valence-corrected chi connectivity index (χ3v) is 6.35. The average Bonchev–Trinajstić information content (AvgIpc) is 3.23. The molecule has 0 bridgehead atoms. The van der Waals surface area contributed by atoms with E-state index in [1.54, 1.807) is 0 Å². The number of rotatable bonds is 3. The molecular weight excluding hydrogens is 294 g/mol. The first-order valence-electron chi connectivity index (χ1n) is 8.12. The van der Waals surface area contributed by atoms with E-state index in [4.69, 9.17) is 0 Å². The number of hydrogen-bond donors (Lipinski definition) is 0. The van der Waals surface area contributed by atoms with Crippen molar-refractivity contribution in [2.24, 2.45) is 5.92 Å². The monoisotopic (exact) mass is 315 g/mol. The smallest absolute Gasteiger partial charge is 0.176 e. The number of sulfone groups is 1. The molecule has 2 aliphatic carbocycles. The lowest BCUT2D eigenvalue weighted by molar-refractivity contribution is 0.540. The van der Waals surface area contributed by atoms with Crippen molar-refractivity contribution in [1.29, 1.82) is 0 Å². The summed E-state index contributed by atoms with van der Waals surface area (Å²) >= 11 is 0. The van der Waals surface area contributed by atoms with Crippen LogP contribution in [0.25, 0.3) is 10.8 Å². The zero-order valence-corrected chi connectivity index (χ0v) is 13.9. The van der Waals surface area contributed by atoms with Crippen molar-refractivity contribution in [3.8, 4) is 0 Å². The number of fused-ring (bicyclic) bond motifs is 2. The summed E-state index contributed by atoms with van der Waals surface area (Å²) < 4.78 is 25.0. The predicted molar refractivity (Wildman–Crippen MR) is 88.0 cm³/mol. The third-order valence-electron chi connectivity index (χ3n) is 5.14. The van der Waals surface area contributed by atoms with Gasteiger partial charge in [-0.25, -0.2) is 8.42 Å². The van der Waals surface area contributed by atoms with Crippen molar-refractivity contribution in [1.82, 2.24) is 4.98 Å². The molecule has 1 fully saturated rings. The molecule has 0 saturated heterocycles. The van der Waals surface area contributed by atoms with E-state index in [2.05, 4.69) is 18.0 Å². The van der Waals surface area contributed by atoms with E-state index in [0.29, 0.717) is 16.7 Å². The van der Waals surface area contributed by atoms with Crippen LogP contribution in [-0.2, 0) is 22.7 Å². The normalized spacial score (nSPS) is 21.3. The minimum absolute atomic E-state index is 0.536. The molecule has 116 valence electrons. The van der Waals surface area contributed by atoms with Gasteiger partial charge < -0.3 is 0 Å². The quantitative estimate of drug-likeness (QED) is 0.869. The van der Waals surface area contributed by atoms with Crippen LogP contribution in [0.1, 0.15) is 48.9 Å². The van der Waals surface area contributed by atoms with Crippen molar-refractivity contribution in [2.45, 2.75) is 49.8 Å². The van der Waals surface area contributed by atoms with Crippen molar-refractivity contribution in [3.05, 3.63) is 35.2 Å². The summed E-state index contributed by atoms with van der Waals surface area (Å²) in [7, 11) is -3.24. The molecule has 0 radical (unpaired) electrons. The van der Waals surface area contributed by atoms with Crippen LogP contribution in [0.2, 0.25) is 0 Å². The standard InChI is InChI=1S/C18H21NO2S/c1-3-11-6-13-8-14-10-19-17(12-4-5-12)9-16(14)18(15(13)7-11)22(2,20)21/h8-12H,3-7H2,1-2H3. The van der Waals surface area contributed by atoms with E-state index in [1.165, 1.54) is 24.7 Å². The van der Waals surface area contributed by atoms with Gasteiger partial charge in [-0.15, -0.1) is 0 Å². The second kappa shape index (κ2) is 4.79. The minimum Gasteiger partial charge on any atom is -0.260 e. The van der Waals surface area contributed by atoms with E-state index in [9.17, 15) is 8.42 Å². The topological polar surface area (TPSA) is 47.0 Å². The number of nitrogens with zero attached hydrogens (tertiary/aromatic N) is 1. The molecule has 4 rings (SSSR count). The van der Waals surface area contributed by atoms with E-state index in [0.717, 1.165) is 41.3 Å². The Labute approximate surface area is 131 Å². The van der Waals surface area contributed by atoms with Crippen LogP contribution in [0, 0.1) is 5.92 Å². The maximum absolute atomic E-state index is 12.5. The highest BCUT2D eigenvalue weighted by Gasteiger charge is 2.30. The van der Waals surface area contributed by atoms with Gasteiger partial charge in [0.2, 0.25) is 0 Å². The van der Waals surface area contributed by atoms with E-state index < -0.39 is 9.84 Å². The van der Waals surface area contributed by atoms with Crippen molar-refractivity contribution in [3.63, 3.8) is 0 Å². The molecule has 0 aliphatic heterocycles. The molecule has 0 spiro atoms. The predicted octanol–water partition coefficient (Wildman–Crippen LogP) is 3.64. The molecule has 22 heavy (non-hydrogen) atoms. The average molecular weight is 315 g/mol. The summed E-state index contributed by atoms with van der Waals surface area (Å²) in [6, 6.07) is 4.20. The summed E-state index contributed by atoms with van der Waals surface area (Å²) in [5.74, 6) is 1.11. The van der Waals surface area contributed by atoms with Crippen LogP contribution in [0.5, 0.6) is 0 Å². The Balaban J connectivity index is 2.02. The largest absolute Gasteiger partial charge is 0.260 e. The van der Waals surface area contributed by atoms with E-state index in [-0.39, 0.29) is 0 Å². The Kier molecular flexibility index (Phi) is 3.09. The lowest BCUT2D eigenvalue weighted by Gasteiger charge is -2.12. The Bertz CT molecular complexity index is 866. The van der Waals surface area contributed by atoms with Gasteiger partial charge >= 0.3 is 0 Å². The molecule has 1 aromatic heterocycles. The lowest BCUT2D eigenvalue weighted by atomic mass is 10.0. The van der Waals surface area contributed by atoms with Crippen LogP contribution < -0.4 is 0 Å². The van der Waals surface area contributed by atoms with Crippen LogP contribution >= 0.6 is 0 Å². The highest BCUT2D eigenvalue weighted by atomic mass is 32.2. The van der Waals surface area contributed by atoms with Gasteiger partial charge in [0.05, 0.1) is 4.90 Å². The summed E-state index contributed by atoms with van der Waals surface area (Å²) in [6.45, 7) is 2.18. The van der Waals surface area contributed by atoms with Crippen molar-refractivity contribution >= 4 is 20.6 Å². The molecule has 1 saturated carbocycles. The van der Waals surface area contributed by atoms with Crippen LogP contribution in [-0.4, -0.2) is 19.7 Å². The molecule has 3 nitrogen and oxygen atoms in total. The molecule has 0 amide bonds. The first-order chi connectivity index (χ1) is 10.5. The van der Waals surface area contributed by atoms with E-state index >= 15 is 0 Å². The van der Waals surface area contributed by atoms with Gasteiger partial charge in [-0.1, -0.05) is 13.3 Å². The fourth-order valence-corrected chi connectivity index (χ4v) is 5.01. The molecule has 1 heterocycles. The number of pyridine rings is 1. The molecule has 0 N–H and O–H groups in total. The van der Waals surface area contributed by atoms with Gasteiger partial charge in [0.15, 0.2) is 9.84 Å². The maximum atomic E-state index is 12.5. The van der Waals surface area contributed by atoms with Gasteiger partial charge in [-0.05, 0) is 54.9 Å². The van der Waals surface area contributed by atoms with Gasteiger partial charge in [0, 0.05) is 34.8 Å². The Morgan fingerprint density at radius 1 is 1.23 bits per heavy atom. The fraction of sp³-hybridized carbons (Fsp3) is 0.500. The highest BCUT2D eigenvalue weighted by molar-refractivity contribution is 7.91. The summed E-state index contributed by atoms with van der Waals surface area (Å²) in [4.78, 5) is 5.13.